The summed E-state index contributed by atoms with van der Waals surface area (Å²) in [5.41, 5.74) is 0. The van der Waals surface area contributed by atoms with E-state index in [1.165, 1.54) is 13.0 Å². The Kier molecular flexibility index (Phi) is 3.97. The van der Waals surface area contributed by atoms with E-state index in [-0.39, 0.29) is 0 Å². The summed E-state index contributed by atoms with van der Waals surface area (Å²) in [6.07, 6.45) is 1.25. The zero-order valence-corrected chi connectivity index (χ0v) is 5.83. The van der Waals surface area contributed by atoms with Crippen LogP contribution in [-0.2, 0) is 9.53 Å². The number of carbonyl (C=O) groups excluding carboxylic acids is 1. The van der Waals surface area contributed by atoms with Gasteiger partial charge in [-0.2, -0.15) is 5.26 Å². The smallest absolute Gasteiger partial charge is 0.303 e. The summed E-state index contributed by atoms with van der Waals surface area (Å²) >= 11 is 0. The van der Waals surface area contributed by atoms with Crippen LogP contribution < -0.4 is 0 Å². The molecule has 0 spiro atoms. The van der Waals surface area contributed by atoms with Gasteiger partial charge in [0.05, 0.1) is 0 Å². The number of rotatable bonds is 3. The number of nitriles is 1. The molecule has 0 aromatic rings. The maximum Gasteiger partial charge on any atom is 0.303 e. The van der Waals surface area contributed by atoms with E-state index < -0.39 is 12.1 Å². The average molecular weight is 139 g/mol. The van der Waals surface area contributed by atoms with E-state index in [2.05, 4.69) is 11.3 Å². The Hall–Kier alpha value is -1.30. The molecule has 0 N–H and O–H groups in total. The highest BCUT2D eigenvalue weighted by Crippen LogP contribution is 1.97. The molecule has 0 radical (unpaired) electrons. The summed E-state index contributed by atoms with van der Waals surface area (Å²) in [4.78, 5) is 10.3. The van der Waals surface area contributed by atoms with Crippen molar-refractivity contribution >= 4 is 5.97 Å². The molecule has 10 heavy (non-hydrogen) atoms. The normalized spacial score (nSPS) is 11.2. The molecule has 0 heterocycles. The number of carbonyl (C=O) groups is 1. The van der Waals surface area contributed by atoms with E-state index >= 15 is 0 Å². The van der Waals surface area contributed by atoms with Gasteiger partial charge in [-0.1, -0.05) is 6.08 Å². The lowest BCUT2D eigenvalue weighted by Crippen LogP contribution is -2.12. The van der Waals surface area contributed by atoms with Crippen molar-refractivity contribution in [1.82, 2.24) is 0 Å². The van der Waals surface area contributed by atoms with Crippen LogP contribution in [0.5, 0.6) is 0 Å². The van der Waals surface area contributed by atoms with Crippen molar-refractivity contribution in [3.63, 3.8) is 0 Å². The third kappa shape index (κ3) is 3.67. The molecule has 0 fully saturated rings. The second kappa shape index (κ2) is 4.57. The first-order valence-corrected chi connectivity index (χ1v) is 2.88. The Balaban J connectivity index is 3.74. The van der Waals surface area contributed by atoms with E-state index in [1.54, 1.807) is 0 Å². The monoisotopic (exact) mass is 139 g/mol. The Labute approximate surface area is 59.9 Å². The highest BCUT2D eigenvalue weighted by Gasteiger charge is 2.06. The van der Waals surface area contributed by atoms with Gasteiger partial charge in [0.2, 0.25) is 0 Å². The SMILES string of the molecule is C=CC[C@@H](C#N)OC(C)=O. The van der Waals surface area contributed by atoms with Crippen molar-refractivity contribution in [2.45, 2.75) is 19.4 Å². The van der Waals surface area contributed by atoms with Crippen LogP contribution >= 0.6 is 0 Å². The van der Waals surface area contributed by atoms with Crippen molar-refractivity contribution in [3.8, 4) is 6.07 Å². The number of hydrogen-bond acceptors (Lipinski definition) is 3. The number of esters is 1. The van der Waals surface area contributed by atoms with Gasteiger partial charge < -0.3 is 4.74 Å². The topological polar surface area (TPSA) is 50.1 Å². The molecule has 0 rings (SSSR count). The first-order chi connectivity index (χ1) is 4.70. The molecule has 0 aliphatic rings. The van der Waals surface area contributed by atoms with Crippen LogP contribution in [-0.4, -0.2) is 12.1 Å². The van der Waals surface area contributed by atoms with Crippen LogP contribution in [0, 0.1) is 11.3 Å². The fraction of sp³-hybridized carbons (Fsp3) is 0.429. The van der Waals surface area contributed by atoms with Crippen molar-refractivity contribution < 1.29 is 9.53 Å². The summed E-state index contributed by atoms with van der Waals surface area (Å²) in [5.74, 6) is -0.437. The number of nitrogens with zero attached hydrogens (tertiary/aromatic N) is 1. The summed E-state index contributed by atoms with van der Waals surface area (Å²) in [5, 5.41) is 8.33. The zero-order valence-electron chi connectivity index (χ0n) is 5.83. The summed E-state index contributed by atoms with van der Waals surface area (Å²) in [6.45, 7) is 4.68. The zero-order chi connectivity index (χ0) is 7.98. The van der Waals surface area contributed by atoms with Crippen molar-refractivity contribution in [1.29, 1.82) is 5.26 Å². The molecule has 0 amide bonds. The molecule has 3 heteroatoms. The average Bonchev–Trinajstić information content (AvgIpc) is 1.86. The Morgan fingerprint density at radius 2 is 2.60 bits per heavy atom. The minimum atomic E-state index is -0.671. The van der Waals surface area contributed by atoms with Crippen LogP contribution in [0.4, 0.5) is 0 Å². The third-order valence-corrected chi connectivity index (χ3v) is 0.833. The lowest BCUT2D eigenvalue weighted by Gasteiger charge is -2.04. The van der Waals surface area contributed by atoms with Gasteiger partial charge in [0, 0.05) is 13.3 Å². The summed E-state index contributed by atoms with van der Waals surface area (Å²) < 4.78 is 4.57. The molecule has 0 aliphatic heterocycles. The standard InChI is InChI=1S/C7H9NO2/c1-3-4-7(5-8)10-6(2)9/h3,7H,1,4H2,2H3/t7-/m0/s1. The predicted octanol–water partition coefficient (Wildman–Crippen LogP) is 1.02. The first-order valence-electron chi connectivity index (χ1n) is 2.88. The van der Waals surface area contributed by atoms with Gasteiger partial charge in [0.1, 0.15) is 6.07 Å². The van der Waals surface area contributed by atoms with Crippen molar-refractivity contribution in [2.24, 2.45) is 0 Å². The molecule has 0 unspecified atom stereocenters. The first kappa shape index (κ1) is 8.70. The van der Waals surface area contributed by atoms with E-state index in [9.17, 15) is 4.79 Å². The van der Waals surface area contributed by atoms with Crippen LogP contribution in [0.1, 0.15) is 13.3 Å². The highest BCUT2D eigenvalue weighted by molar-refractivity contribution is 5.66. The van der Waals surface area contributed by atoms with E-state index in [1.807, 2.05) is 6.07 Å². The van der Waals surface area contributed by atoms with Gasteiger partial charge in [0.15, 0.2) is 6.10 Å². The third-order valence-electron chi connectivity index (χ3n) is 0.833. The van der Waals surface area contributed by atoms with E-state index in [4.69, 9.17) is 5.26 Å². The minimum absolute atomic E-state index is 0.385. The molecule has 54 valence electrons. The molecular weight excluding hydrogens is 130 g/mol. The highest BCUT2D eigenvalue weighted by atomic mass is 16.5. The quantitative estimate of drug-likeness (QED) is 0.433. The van der Waals surface area contributed by atoms with Gasteiger partial charge in [-0.05, 0) is 0 Å². The molecular formula is C7H9NO2. The second-order valence-electron chi connectivity index (χ2n) is 1.75. The number of ether oxygens (including phenoxy) is 1. The van der Waals surface area contributed by atoms with E-state index in [0.29, 0.717) is 6.42 Å². The van der Waals surface area contributed by atoms with Crippen LogP contribution in [0.15, 0.2) is 12.7 Å². The number of hydrogen-bond donors (Lipinski definition) is 0. The largest absolute Gasteiger partial charge is 0.447 e. The van der Waals surface area contributed by atoms with Gasteiger partial charge in [-0.15, -0.1) is 6.58 Å². The minimum Gasteiger partial charge on any atom is -0.447 e. The van der Waals surface area contributed by atoms with E-state index in [0.717, 1.165) is 0 Å². The van der Waals surface area contributed by atoms with Gasteiger partial charge >= 0.3 is 5.97 Å². The molecule has 0 aromatic carbocycles. The molecule has 0 saturated carbocycles. The maximum absolute atomic E-state index is 10.3. The lowest BCUT2D eigenvalue weighted by atomic mass is 10.3. The van der Waals surface area contributed by atoms with Gasteiger partial charge in [0.25, 0.3) is 0 Å². The van der Waals surface area contributed by atoms with Crippen LogP contribution in [0.2, 0.25) is 0 Å². The summed E-state index contributed by atoms with van der Waals surface area (Å²) in [6, 6.07) is 1.82. The molecule has 1 atom stereocenters. The molecule has 0 aromatic heterocycles. The Bertz CT molecular complexity index is 169. The molecule has 0 aliphatic carbocycles. The fourth-order valence-electron chi connectivity index (χ4n) is 0.479. The molecule has 0 saturated heterocycles. The maximum atomic E-state index is 10.3. The Morgan fingerprint density at radius 1 is 2.00 bits per heavy atom. The fourth-order valence-corrected chi connectivity index (χ4v) is 0.479. The van der Waals surface area contributed by atoms with Crippen molar-refractivity contribution in [3.05, 3.63) is 12.7 Å². The molecule has 0 bridgehead atoms. The Morgan fingerprint density at radius 3 is 2.90 bits per heavy atom. The lowest BCUT2D eigenvalue weighted by molar-refractivity contribution is -0.143. The predicted molar refractivity (Wildman–Crippen MR) is 36.0 cm³/mol. The van der Waals surface area contributed by atoms with Gasteiger partial charge in [-0.3, -0.25) is 4.79 Å². The van der Waals surface area contributed by atoms with Crippen LogP contribution in [0.25, 0.3) is 0 Å². The van der Waals surface area contributed by atoms with Gasteiger partial charge in [-0.25, -0.2) is 0 Å². The van der Waals surface area contributed by atoms with Crippen LogP contribution in [0.3, 0.4) is 0 Å². The molecule has 3 nitrogen and oxygen atoms in total. The second-order valence-corrected chi connectivity index (χ2v) is 1.75. The summed E-state index contributed by atoms with van der Waals surface area (Å²) in [7, 11) is 0. The van der Waals surface area contributed by atoms with Crippen molar-refractivity contribution in [2.75, 3.05) is 0 Å².